The standard InChI is InChI=1S/C23H30N2O6/c1-16(2)30-24-23(27)25(31-17(3)4)14-18-6-10-20(11-7-18)22(26)29-15-19-8-12-21(28-5)13-9-19/h6-13,16-17H,14-15H2,1-5H3,(H,24,27). The van der Waals surface area contributed by atoms with Crippen molar-refractivity contribution in [2.24, 2.45) is 0 Å². The number of carbonyl (C=O) groups excluding carboxylic acids is 2. The van der Waals surface area contributed by atoms with Crippen LogP contribution in [0.1, 0.15) is 49.2 Å². The number of methoxy groups -OCH3 is 1. The molecule has 168 valence electrons. The van der Waals surface area contributed by atoms with Crippen LogP contribution in [-0.4, -0.2) is 36.4 Å². The van der Waals surface area contributed by atoms with Crippen LogP contribution in [0.15, 0.2) is 48.5 Å². The summed E-state index contributed by atoms with van der Waals surface area (Å²) in [6, 6.07) is 13.6. The molecule has 1 N–H and O–H groups in total. The van der Waals surface area contributed by atoms with Gasteiger partial charge in [0.1, 0.15) is 12.4 Å². The Labute approximate surface area is 182 Å². The lowest BCUT2D eigenvalue weighted by molar-refractivity contribution is -0.164. The van der Waals surface area contributed by atoms with Crippen molar-refractivity contribution in [1.29, 1.82) is 0 Å². The van der Waals surface area contributed by atoms with E-state index in [1.165, 1.54) is 5.06 Å². The van der Waals surface area contributed by atoms with Crippen LogP contribution < -0.4 is 10.2 Å². The molecular weight excluding hydrogens is 400 g/mol. The number of benzene rings is 2. The van der Waals surface area contributed by atoms with Gasteiger partial charge in [0.15, 0.2) is 0 Å². The van der Waals surface area contributed by atoms with E-state index in [-0.39, 0.29) is 25.4 Å². The van der Waals surface area contributed by atoms with Gasteiger partial charge in [-0.1, -0.05) is 24.3 Å². The first kappa shape index (κ1) is 24.2. The van der Waals surface area contributed by atoms with Crippen LogP contribution >= 0.6 is 0 Å². The fraction of sp³-hybridized carbons (Fsp3) is 0.391. The number of hydrogen-bond donors (Lipinski definition) is 1. The highest BCUT2D eigenvalue weighted by atomic mass is 16.7. The number of nitrogens with zero attached hydrogens (tertiary/aromatic N) is 1. The average Bonchev–Trinajstić information content (AvgIpc) is 2.75. The van der Waals surface area contributed by atoms with Crippen molar-refractivity contribution in [3.05, 3.63) is 65.2 Å². The largest absolute Gasteiger partial charge is 0.497 e. The summed E-state index contributed by atoms with van der Waals surface area (Å²) in [7, 11) is 1.60. The predicted octanol–water partition coefficient (Wildman–Crippen LogP) is 4.24. The third-order valence-corrected chi connectivity index (χ3v) is 3.99. The summed E-state index contributed by atoms with van der Waals surface area (Å²) in [5, 5.41) is 1.18. The number of ether oxygens (including phenoxy) is 2. The SMILES string of the molecule is COc1ccc(COC(=O)c2ccc(CN(OC(C)C)C(=O)NOC(C)C)cc2)cc1. The van der Waals surface area contributed by atoms with E-state index in [1.807, 2.05) is 38.1 Å². The Balaban J connectivity index is 1.94. The highest BCUT2D eigenvalue weighted by molar-refractivity contribution is 5.89. The maximum absolute atomic E-state index is 12.3. The number of esters is 1. The Morgan fingerprint density at radius 1 is 0.903 bits per heavy atom. The molecule has 2 rings (SSSR count). The number of hydrogen-bond acceptors (Lipinski definition) is 6. The molecule has 2 amide bonds. The molecule has 0 aliphatic heterocycles. The molecule has 0 bridgehead atoms. The summed E-state index contributed by atoms with van der Waals surface area (Å²) in [5.74, 6) is 0.311. The van der Waals surface area contributed by atoms with Gasteiger partial charge in [-0.2, -0.15) is 5.06 Å². The fourth-order valence-corrected chi connectivity index (χ4v) is 2.50. The van der Waals surface area contributed by atoms with Gasteiger partial charge in [-0.05, 0) is 63.1 Å². The summed E-state index contributed by atoms with van der Waals surface area (Å²) in [5.41, 5.74) is 4.42. The predicted molar refractivity (Wildman–Crippen MR) is 115 cm³/mol. The smallest absolute Gasteiger partial charge is 0.365 e. The van der Waals surface area contributed by atoms with Crippen LogP contribution in [0.3, 0.4) is 0 Å². The zero-order valence-electron chi connectivity index (χ0n) is 18.6. The summed E-state index contributed by atoms with van der Waals surface area (Å²) in [6.45, 7) is 7.61. The molecule has 0 heterocycles. The zero-order chi connectivity index (χ0) is 22.8. The van der Waals surface area contributed by atoms with Gasteiger partial charge in [0, 0.05) is 0 Å². The van der Waals surface area contributed by atoms with Crippen molar-refractivity contribution in [2.75, 3.05) is 7.11 Å². The molecule has 0 fully saturated rings. The van der Waals surface area contributed by atoms with Crippen molar-refractivity contribution in [2.45, 2.75) is 53.1 Å². The first-order valence-corrected chi connectivity index (χ1v) is 10.1. The number of urea groups is 1. The van der Waals surface area contributed by atoms with E-state index in [0.29, 0.717) is 5.56 Å². The molecule has 0 radical (unpaired) electrons. The first-order chi connectivity index (χ1) is 14.8. The molecule has 0 atom stereocenters. The number of hydroxylamine groups is 3. The molecule has 0 aliphatic carbocycles. The molecule has 31 heavy (non-hydrogen) atoms. The van der Waals surface area contributed by atoms with Gasteiger partial charge < -0.3 is 9.47 Å². The average molecular weight is 431 g/mol. The van der Waals surface area contributed by atoms with Gasteiger partial charge in [-0.3, -0.25) is 9.68 Å². The fourth-order valence-electron chi connectivity index (χ4n) is 2.50. The minimum atomic E-state index is -0.509. The molecule has 2 aromatic carbocycles. The molecular formula is C23H30N2O6. The second-order valence-electron chi connectivity index (χ2n) is 7.39. The molecule has 0 saturated heterocycles. The maximum Gasteiger partial charge on any atom is 0.365 e. The maximum atomic E-state index is 12.3. The lowest BCUT2D eigenvalue weighted by Crippen LogP contribution is -2.41. The normalized spacial score (nSPS) is 10.8. The lowest BCUT2D eigenvalue weighted by Gasteiger charge is -2.24. The van der Waals surface area contributed by atoms with Gasteiger partial charge in [-0.15, -0.1) is 0 Å². The van der Waals surface area contributed by atoms with E-state index in [0.717, 1.165) is 16.9 Å². The molecule has 0 aromatic heterocycles. The number of amides is 2. The van der Waals surface area contributed by atoms with Crippen LogP contribution in [0.4, 0.5) is 4.79 Å². The Hall–Kier alpha value is -3.10. The van der Waals surface area contributed by atoms with Crippen molar-refractivity contribution >= 4 is 12.0 Å². The van der Waals surface area contributed by atoms with Gasteiger partial charge in [0.25, 0.3) is 0 Å². The highest BCUT2D eigenvalue weighted by Gasteiger charge is 2.18. The third kappa shape index (κ3) is 8.27. The number of nitrogens with one attached hydrogen (secondary N) is 1. The first-order valence-electron chi connectivity index (χ1n) is 10.1. The summed E-state index contributed by atoms with van der Waals surface area (Å²) in [4.78, 5) is 35.3. The van der Waals surface area contributed by atoms with Gasteiger partial charge in [0.05, 0.1) is 31.4 Å². The molecule has 0 spiro atoms. The van der Waals surface area contributed by atoms with Crippen LogP contribution in [0.25, 0.3) is 0 Å². The zero-order valence-corrected chi connectivity index (χ0v) is 18.6. The summed E-state index contributed by atoms with van der Waals surface area (Å²) in [6.07, 6.45) is -0.356. The van der Waals surface area contributed by atoms with Crippen molar-refractivity contribution in [3.8, 4) is 5.75 Å². The molecule has 0 saturated carbocycles. The molecule has 8 heteroatoms. The van der Waals surface area contributed by atoms with E-state index < -0.39 is 12.0 Å². The van der Waals surface area contributed by atoms with Crippen LogP contribution in [0, 0.1) is 0 Å². The second kappa shape index (κ2) is 11.9. The molecule has 0 aliphatic rings. The van der Waals surface area contributed by atoms with E-state index in [9.17, 15) is 9.59 Å². The minimum absolute atomic E-state index is 0.159. The third-order valence-electron chi connectivity index (χ3n) is 3.99. The van der Waals surface area contributed by atoms with Gasteiger partial charge in [0.2, 0.25) is 0 Å². The molecule has 2 aromatic rings. The number of rotatable bonds is 10. The van der Waals surface area contributed by atoms with E-state index in [1.54, 1.807) is 45.2 Å². The molecule has 0 unspecified atom stereocenters. The summed E-state index contributed by atoms with van der Waals surface area (Å²) >= 11 is 0. The van der Waals surface area contributed by atoms with Gasteiger partial charge in [-0.25, -0.2) is 15.1 Å². The lowest BCUT2D eigenvalue weighted by atomic mass is 10.1. The van der Waals surface area contributed by atoms with E-state index >= 15 is 0 Å². The van der Waals surface area contributed by atoms with Gasteiger partial charge >= 0.3 is 12.0 Å². The van der Waals surface area contributed by atoms with Crippen LogP contribution in [-0.2, 0) is 27.6 Å². The Morgan fingerprint density at radius 2 is 1.52 bits per heavy atom. The van der Waals surface area contributed by atoms with Crippen molar-refractivity contribution in [3.63, 3.8) is 0 Å². The van der Waals surface area contributed by atoms with E-state index in [4.69, 9.17) is 19.1 Å². The Kier molecular flexibility index (Phi) is 9.30. The molecule has 8 nitrogen and oxygen atoms in total. The summed E-state index contributed by atoms with van der Waals surface area (Å²) < 4.78 is 10.5. The van der Waals surface area contributed by atoms with Crippen molar-refractivity contribution in [1.82, 2.24) is 10.5 Å². The minimum Gasteiger partial charge on any atom is -0.497 e. The Morgan fingerprint density at radius 3 is 2.06 bits per heavy atom. The van der Waals surface area contributed by atoms with Crippen LogP contribution in [0.2, 0.25) is 0 Å². The topological polar surface area (TPSA) is 86.3 Å². The second-order valence-corrected chi connectivity index (χ2v) is 7.39. The quantitative estimate of drug-likeness (QED) is 0.448. The van der Waals surface area contributed by atoms with Crippen molar-refractivity contribution < 1.29 is 28.7 Å². The van der Waals surface area contributed by atoms with E-state index in [2.05, 4.69) is 5.48 Å². The monoisotopic (exact) mass is 430 g/mol. The highest BCUT2D eigenvalue weighted by Crippen LogP contribution is 2.14. The number of carbonyl (C=O) groups is 2. The Bertz CT molecular complexity index is 834. The van der Waals surface area contributed by atoms with Crippen LogP contribution in [0.5, 0.6) is 5.75 Å².